The van der Waals surface area contributed by atoms with Crippen LogP contribution < -0.4 is 4.90 Å². The molecular formula is C43H35FN2. The highest BCUT2D eigenvalue weighted by Gasteiger charge is 2.38. The lowest BCUT2D eigenvalue weighted by Gasteiger charge is -2.38. The minimum absolute atomic E-state index is 0.619. The van der Waals surface area contributed by atoms with Crippen LogP contribution in [0.2, 0.25) is 0 Å². The highest BCUT2D eigenvalue weighted by molar-refractivity contribution is 6.10. The second-order valence-corrected chi connectivity index (χ2v) is 12.9. The van der Waals surface area contributed by atoms with E-state index in [1.54, 1.807) is 0 Å². The van der Waals surface area contributed by atoms with Crippen LogP contribution in [-0.4, -0.2) is 4.57 Å². The van der Waals surface area contributed by atoms with Gasteiger partial charge in [0.15, 0.2) is 0 Å². The number of aromatic nitrogens is 1. The summed E-state index contributed by atoms with van der Waals surface area (Å²) < 4.78 is 18.9. The Hall–Kier alpha value is -5.15. The van der Waals surface area contributed by atoms with Gasteiger partial charge < -0.3 is 9.47 Å². The molecule has 0 amide bonds. The first kappa shape index (κ1) is 27.2. The monoisotopic (exact) mass is 598 g/mol. The average Bonchev–Trinajstić information content (AvgIpc) is 3.45. The van der Waals surface area contributed by atoms with Crippen LogP contribution in [0.5, 0.6) is 0 Å². The van der Waals surface area contributed by atoms with Crippen LogP contribution in [0.1, 0.15) is 48.8 Å². The Kier molecular flexibility index (Phi) is 6.34. The summed E-state index contributed by atoms with van der Waals surface area (Å²) in [5.74, 6) is 0. The van der Waals surface area contributed by atoms with Gasteiger partial charge in [0.05, 0.1) is 16.7 Å². The van der Waals surface area contributed by atoms with E-state index in [2.05, 4.69) is 143 Å². The topological polar surface area (TPSA) is 8.17 Å². The minimum Gasteiger partial charge on any atom is -0.310 e. The Morgan fingerprint density at radius 3 is 2.07 bits per heavy atom. The molecule has 224 valence electrons. The van der Waals surface area contributed by atoms with Crippen LogP contribution in [-0.2, 0) is 12.1 Å². The van der Waals surface area contributed by atoms with Gasteiger partial charge in [0.2, 0.25) is 0 Å². The van der Waals surface area contributed by atoms with E-state index in [0.717, 1.165) is 48.2 Å². The van der Waals surface area contributed by atoms with Gasteiger partial charge in [0, 0.05) is 34.3 Å². The highest BCUT2D eigenvalue weighted by atomic mass is 19.1. The quantitative estimate of drug-likeness (QED) is 0.196. The van der Waals surface area contributed by atoms with Crippen molar-refractivity contribution < 1.29 is 4.39 Å². The Labute approximate surface area is 269 Å². The van der Waals surface area contributed by atoms with Crippen molar-refractivity contribution in [1.29, 1.82) is 0 Å². The molecular weight excluding hydrogens is 563 g/mol. The molecule has 2 aliphatic rings. The lowest BCUT2D eigenvalue weighted by Crippen LogP contribution is -2.28. The zero-order chi connectivity index (χ0) is 30.7. The van der Waals surface area contributed by atoms with Gasteiger partial charge in [-0.1, -0.05) is 91.3 Å². The lowest BCUT2D eigenvalue weighted by molar-refractivity contribution is 0.105. The SMILES string of the molecule is FC1(c2cccc3c2Cc2ccccc2N3c2ccc(-c3ccc4c(c3)c3ccccc3n4-c3ccccc3)cc2)CCCCC1. The zero-order valence-electron chi connectivity index (χ0n) is 25.8. The molecule has 0 unspecified atom stereocenters. The van der Waals surface area contributed by atoms with E-state index in [-0.39, 0.29) is 0 Å². The number of halogens is 1. The molecule has 2 heterocycles. The normalized spacial score (nSPS) is 15.5. The van der Waals surface area contributed by atoms with Crippen LogP contribution in [0.25, 0.3) is 38.6 Å². The lowest BCUT2D eigenvalue weighted by atomic mass is 9.77. The minimum atomic E-state index is -1.24. The van der Waals surface area contributed by atoms with E-state index in [0.29, 0.717) is 12.8 Å². The average molecular weight is 599 g/mol. The molecule has 1 fully saturated rings. The number of benzene rings is 6. The highest BCUT2D eigenvalue weighted by Crippen LogP contribution is 2.50. The number of para-hydroxylation sites is 3. The number of fused-ring (bicyclic) bond motifs is 5. The van der Waals surface area contributed by atoms with Crippen molar-refractivity contribution in [3.8, 4) is 16.8 Å². The maximum absolute atomic E-state index is 16.5. The van der Waals surface area contributed by atoms with E-state index in [9.17, 15) is 0 Å². The predicted octanol–water partition coefficient (Wildman–Crippen LogP) is 12.0. The molecule has 3 heteroatoms. The van der Waals surface area contributed by atoms with Crippen molar-refractivity contribution in [3.63, 3.8) is 0 Å². The summed E-state index contributed by atoms with van der Waals surface area (Å²) in [5, 5.41) is 2.50. The zero-order valence-corrected chi connectivity index (χ0v) is 25.8. The third-order valence-corrected chi connectivity index (χ3v) is 10.3. The molecule has 0 bridgehead atoms. The maximum Gasteiger partial charge on any atom is 0.136 e. The van der Waals surface area contributed by atoms with Gasteiger partial charge >= 0.3 is 0 Å². The number of hydrogen-bond acceptors (Lipinski definition) is 1. The molecule has 0 spiro atoms. The maximum atomic E-state index is 16.5. The Morgan fingerprint density at radius 2 is 1.22 bits per heavy atom. The van der Waals surface area contributed by atoms with E-state index in [1.165, 1.54) is 49.9 Å². The van der Waals surface area contributed by atoms with Crippen molar-refractivity contribution >= 4 is 38.9 Å². The van der Waals surface area contributed by atoms with Gasteiger partial charge in [-0.25, -0.2) is 4.39 Å². The standard InChI is InChI=1S/C43H35FN2/c44-43(26-9-2-10-27-43)38-16-11-19-41-37(38)29-32-12-5-7-17-39(32)45(41)34-23-20-30(21-24-34)31-22-25-42-36(28-31)35-15-6-8-18-40(35)46(42)33-13-3-1-4-14-33/h1,3-8,11-25,28H,2,9-10,26-27,29H2. The van der Waals surface area contributed by atoms with E-state index in [4.69, 9.17) is 0 Å². The van der Waals surface area contributed by atoms with Crippen LogP contribution in [0, 0.1) is 0 Å². The van der Waals surface area contributed by atoms with Crippen molar-refractivity contribution in [1.82, 2.24) is 4.57 Å². The summed E-state index contributed by atoms with van der Waals surface area (Å²) in [4.78, 5) is 2.34. The fourth-order valence-electron chi connectivity index (χ4n) is 8.06. The predicted molar refractivity (Wildman–Crippen MR) is 190 cm³/mol. The molecule has 1 aliphatic heterocycles. The van der Waals surface area contributed by atoms with Gasteiger partial charge in [-0.05, 0) is 108 Å². The summed E-state index contributed by atoms with van der Waals surface area (Å²) in [5.41, 5.74) is 11.3. The van der Waals surface area contributed by atoms with Crippen molar-refractivity contribution in [3.05, 3.63) is 156 Å². The van der Waals surface area contributed by atoms with Crippen LogP contribution in [0.4, 0.5) is 21.5 Å². The number of hydrogen-bond donors (Lipinski definition) is 0. The molecule has 0 atom stereocenters. The fraction of sp³-hybridized carbons (Fsp3) is 0.163. The molecule has 7 aromatic rings. The van der Waals surface area contributed by atoms with Crippen LogP contribution >= 0.6 is 0 Å². The second-order valence-electron chi connectivity index (χ2n) is 12.9. The summed E-state index contributed by atoms with van der Waals surface area (Å²) in [7, 11) is 0. The third-order valence-electron chi connectivity index (χ3n) is 10.3. The number of anilines is 3. The molecule has 46 heavy (non-hydrogen) atoms. The molecule has 0 radical (unpaired) electrons. The van der Waals surface area contributed by atoms with E-state index in [1.807, 2.05) is 6.07 Å². The largest absolute Gasteiger partial charge is 0.310 e. The van der Waals surface area contributed by atoms with Crippen LogP contribution in [0.15, 0.2) is 140 Å². The fourth-order valence-corrected chi connectivity index (χ4v) is 8.06. The van der Waals surface area contributed by atoms with Gasteiger partial charge in [-0.3, -0.25) is 0 Å². The van der Waals surface area contributed by atoms with Gasteiger partial charge in [0.25, 0.3) is 0 Å². The first-order valence-corrected chi connectivity index (χ1v) is 16.6. The Morgan fingerprint density at radius 1 is 0.522 bits per heavy atom. The van der Waals surface area contributed by atoms with Gasteiger partial charge in [0.1, 0.15) is 5.67 Å². The number of nitrogens with zero attached hydrogens (tertiary/aromatic N) is 2. The Balaban J connectivity index is 1.13. The van der Waals surface area contributed by atoms with Crippen LogP contribution in [0.3, 0.4) is 0 Å². The van der Waals surface area contributed by atoms with Crippen molar-refractivity contribution in [2.75, 3.05) is 4.90 Å². The molecule has 2 nitrogen and oxygen atoms in total. The van der Waals surface area contributed by atoms with E-state index >= 15 is 4.39 Å². The summed E-state index contributed by atoms with van der Waals surface area (Å²) in [6.07, 6.45) is 5.05. The number of rotatable bonds is 4. The molecule has 1 saturated carbocycles. The van der Waals surface area contributed by atoms with Crippen molar-refractivity contribution in [2.45, 2.75) is 44.2 Å². The van der Waals surface area contributed by atoms with E-state index < -0.39 is 5.67 Å². The smallest absolute Gasteiger partial charge is 0.136 e. The van der Waals surface area contributed by atoms with Gasteiger partial charge in [-0.15, -0.1) is 0 Å². The molecule has 9 rings (SSSR count). The molecule has 0 N–H and O–H groups in total. The first-order chi connectivity index (χ1) is 22.7. The third kappa shape index (κ3) is 4.29. The Bertz CT molecular complexity index is 2220. The first-order valence-electron chi connectivity index (χ1n) is 16.6. The molecule has 6 aromatic carbocycles. The van der Waals surface area contributed by atoms with Gasteiger partial charge in [-0.2, -0.15) is 0 Å². The molecule has 1 aliphatic carbocycles. The number of alkyl halides is 1. The summed E-state index contributed by atoms with van der Waals surface area (Å²) in [6.45, 7) is 0. The summed E-state index contributed by atoms with van der Waals surface area (Å²) in [6, 6.07) is 49.8. The summed E-state index contributed by atoms with van der Waals surface area (Å²) >= 11 is 0. The molecule has 0 saturated heterocycles. The second kappa shape index (κ2) is 10.7. The molecule has 1 aromatic heterocycles. The van der Waals surface area contributed by atoms with Crippen molar-refractivity contribution in [2.24, 2.45) is 0 Å².